The Kier molecular flexibility index (Phi) is 7.51. The van der Waals surface area contributed by atoms with Gasteiger partial charge in [0.25, 0.3) is 11.8 Å². The molecule has 9 heteroatoms. The third kappa shape index (κ3) is 4.98. The summed E-state index contributed by atoms with van der Waals surface area (Å²) in [6.45, 7) is 8.90. The molecule has 0 unspecified atom stereocenters. The smallest absolute Gasteiger partial charge is 0.294 e. The van der Waals surface area contributed by atoms with Crippen molar-refractivity contribution in [3.63, 3.8) is 0 Å². The molecule has 0 saturated carbocycles. The Balaban J connectivity index is 1.68. The number of Topliss-reactive ketones (excluding diaryl/α,β-unsaturated/α-hetero) is 1. The van der Waals surface area contributed by atoms with Gasteiger partial charge >= 0.3 is 0 Å². The zero-order chi connectivity index (χ0) is 27.9. The molecule has 1 aliphatic heterocycles. The molecule has 1 aromatic heterocycles. The van der Waals surface area contributed by atoms with Crippen molar-refractivity contribution in [2.45, 2.75) is 46.3 Å². The maximum absolute atomic E-state index is 14.0. The predicted molar refractivity (Wildman–Crippen MR) is 143 cm³/mol. The lowest BCUT2D eigenvalue weighted by atomic mass is 10.0. The third-order valence-corrected chi connectivity index (χ3v) is 7.27. The van der Waals surface area contributed by atoms with Crippen LogP contribution in [-0.2, 0) is 11.3 Å². The van der Waals surface area contributed by atoms with Gasteiger partial charge in [0.2, 0.25) is 11.7 Å². The Labute approximate surface area is 221 Å². The molecule has 1 fully saturated rings. The molecule has 0 aliphatic carbocycles. The van der Waals surface area contributed by atoms with E-state index in [1.165, 1.54) is 54.8 Å². The molecule has 0 radical (unpaired) electrons. The highest BCUT2D eigenvalue weighted by Crippen LogP contribution is 2.30. The number of rotatable bonds is 5. The van der Waals surface area contributed by atoms with Gasteiger partial charge in [-0.15, -0.1) is 0 Å². The molecule has 0 N–H and O–H groups in total. The number of fused-ring (bicyclic) bond motifs is 1. The van der Waals surface area contributed by atoms with Crippen molar-refractivity contribution < 1.29 is 23.6 Å². The number of amides is 2. The highest BCUT2D eigenvalue weighted by Gasteiger charge is 2.35. The van der Waals surface area contributed by atoms with E-state index in [0.717, 1.165) is 5.56 Å². The summed E-state index contributed by atoms with van der Waals surface area (Å²) >= 11 is 0. The first-order valence-corrected chi connectivity index (χ1v) is 12.6. The largest absolute Gasteiger partial charge is 0.342 e. The number of carbonyl (C=O) groups excluding carboxylic acids is 4. The van der Waals surface area contributed by atoms with E-state index in [0.29, 0.717) is 41.8 Å². The lowest BCUT2D eigenvalue weighted by molar-refractivity contribution is -0.124. The third-order valence-electron chi connectivity index (χ3n) is 7.27. The van der Waals surface area contributed by atoms with Gasteiger partial charge in [0.1, 0.15) is 5.82 Å². The van der Waals surface area contributed by atoms with Gasteiger partial charge < -0.3 is 9.80 Å². The highest BCUT2D eigenvalue weighted by atomic mass is 19.1. The number of aromatic nitrogens is 1. The molecule has 2 heterocycles. The molecular formula is C29H33FN4O4. The van der Waals surface area contributed by atoms with Crippen LogP contribution in [-0.4, -0.2) is 82.0 Å². The molecule has 0 spiro atoms. The van der Waals surface area contributed by atoms with E-state index >= 15 is 0 Å². The number of piperazine rings is 1. The number of ketones is 1. The molecule has 8 nitrogen and oxygen atoms in total. The fraction of sp³-hybridized carbons (Fsp3) is 0.379. The minimum atomic E-state index is -0.681. The molecule has 2 amide bonds. The van der Waals surface area contributed by atoms with E-state index in [4.69, 9.17) is 0 Å². The van der Waals surface area contributed by atoms with Crippen LogP contribution in [0, 0.1) is 12.7 Å². The van der Waals surface area contributed by atoms with E-state index < -0.39 is 11.7 Å². The summed E-state index contributed by atoms with van der Waals surface area (Å²) in [5.74, 6) is -2.10. The molecule has 2 atom stereocenters. The van der Waals surface area contributed by atoms with Crippen LogP contribution in [0.5, 0.6) is 0 Å². The molecule has 3 aromatic rings. The molecule has 38 heavy (non-hydrogen) atoms. The molecule has 4 rings (SSSR count). The second kappa shape index (κ2) is 10.5. The number of hydrogen-bond acceptors (Lipinski definition) is 5. The molecule has 200 valence electrons. The quantitative estimate of drug-likeness (QED) is 0.378. The van der Waals surface area contributed by atoms with Crippen molar-refractivity contribution in [3.8, 4) is 0 Å². The first-order valence-electron chi connectivity index (χ1n) is 12.6. The summed E-state index contributed by atoms with van der Waals surface area (Å²) in [4.78, 5) is 56.9. The van der Waals surface area contributed by atoms with Crippen molar-refractivity contribution in [2.75, 3.05) is 27.2 Å². The summed E-state index contributed by atoms with van der Waals surface area (Å²) in [7, 11) is 3.00. The van der Waals surface area contributed by atoms with Gasteiger partial charge in [-0.2, -0.15) is 0 Å². The van der Waals surface area contributed by atoms with Crippen LogP contribution < -0.4 is 0 Å². The lowest BCUT2D eigenvalue weighted by Crippen LogP contribution is -2.57. The van der Waals surface area contributed by atoms with Gasteiger partial charge in [-0.3, -0.25) is 28.6 Å². The molecule has 1 saturated heterocycles. The Morgan fingerprint density at radius 2 is 1.63 bits per heavy atom. The van der Waals surface area contributed by atoms with Gasteiger partial charge in [-0.1, -0.05) is 12.1 Å². The van der Waals surface area contributed by atoms with Crippen molar-refractivity contribution in [1.29, 1.82) is 0 Å². The SMILES string of the molecule is CC(=O)n1c(C)c(C(=O)N2C[C@H](C)N(Cc3ccc(F)cc3)C[C@H]2C)c2cc(C(=O)C(=O)N(C)C)ccc21. The van der Waals surface area contributed by atoms with E-state index in [1.54, 1.807) is 30.0 Å². The van der Waals surface area contributed by atoms with Crippen LogP contribution in [0.3, 0.4) is 0 Å². The van der Waals surface area contributed by atoms with Crippen molar-refractivity contribution in [2.24, 2.45) is 0 Å². The number of likely N-dealkylation sites (N-methyl/N-ethyl adjacent to an activating group) is 1. The topological polar surface area (TPSA) is 82.9 Å². The summed E-state index contributed by atoms with van der Waals surface area (Å²) in [5.41, 5.74) is 2.53. The zero-order valence-corrected chi connectivity index (χ0v) is 22.6. The monoisotopic (exact) mass is 520 g/mol. The maximum atomic E-state index is 14.0. The summed E-state index contributed by atoms with van der Waals surface area (Å²) < 4.78 is 14.8. The zero-order valence-electron chi connectivity index (χ0n) is 22.6. The Morgan fingerprint density at radius 1 is 0.974 bits per heavy atom. The van der Waals surface area contributed by atoms with Crippen LogP contribution in [0.1, 0.15) is 57.5 Å². The summed E-state index contributed by atoms with van der Waals surface area (Å²) in [6, 6.07) is 11.0. The normalized spacial score (nSPS) is 18.0. The van der Waals surface area contributed by atoms with Gasteiger partial charge in [0.15, 0.2) is 0 Å². The van der Waals surface area contributed by atoms with Gasteiger partial charge in [-0.05, 0) is 56.7 Å². The van der Waals surface area contributed by atoms with Crippen LogP contribution in [0.4, 0.5) is 4.39 Å². The molecule has 1 aliphatic rings. The van der Waals surface area contributed by atoms with Gasteiger partial charge in [-0.25, -0.2) is 4.39 Å². The maximum Gasteiger partial charge on any atom is 0.294 e. The summed E-state index contributed by atoms with van der Waals surface area (Å²) in [6.07, 6.45) is 0. The second-order valence-corrected chi connectivity index (χ2v) is 10.3. The lowest BCUT2D eigenvalue weighted by Gasteiger charge is -2.44. The van der Waals surface area contributed by atoms with E-state index in [1.807, 2.05) is 13.8 Å². The number of halogens is 1. The van der Waals surface area contributed by atoms with Crippen LogP contribution >= 0.6 is 0 Å². The van der Waals surface area contributed by atoms with E-state index in [9.17, 15) is 23.6 Å². The second-order valence-electron chi connectivity index (χ2n) is 10.3. The molecule has 0 bridgehead atoms. The minimum Gasteiger partial charge on any atom is -0.342 e. The predicted octanol–water partition coefficient (Wildman–Crippen LogP) is 3.75. The first kappa shape index (κ1) is 27.2. The minimum absolute atomic E-state index is 0.0384. The highest BCUT2D eigenvalue weighted by molar-refractivity contribution is 6.43. The number of hydrogen-bond donors (Lipinski definition) is 0. The molecule has 2 aromatic carbocycles. The van der Waals surface area contributed by atoms with E-state index in [2.05, 4.69) is 4.90 Å². The van der Waals surface area contributed by atoms with Crippen LogP contribution in [0.2, 0.25) is 0 Å². The van der Waals surface area contributed by atoms with Crippen molar-refractivity contribution >= 4 is 34.4 Å². The van der Waals surface area contributed by atoms with E-state index in [-0.39, 0.29) is 35.3 Å². The number of benzene rings is 2. The Morgan fingerprint density at radius 3 is 2.24 bits per heavy atom. The van der Waals surface area contributed by atoms with Gasteiger partial charge in [0.05, 0.1) is 11.1 Å². The van der Waals surface area contributed by atoms with Crippen LogP contribution in [0.15, 0.2) is 42.5 Å². The fourth-order valence-electron chi connectivity index (χ4n) is 5.23. The Hall–Kier alpha value is -3.85. The van der Waals surface area contributed by atoms with Crippen molar-refractivity contribution in [1.82, 2.24) is 19.3 Å². The van der Waals surface area contributed by atoms with Crippen molar-refractivity contribution in [3.05, 3.63) is 70.7 Å². The average Bonchev–Trinajstić information content (AvgIpc) is 3.16. The Bertz CT molecular complexity index is 1430. The van der Waals surface area contributed by atoms with Crippen LogP contribution in [0.25, 0.3) is 10.9 Å². The number of carbonyl (C=O) groups is 4. The number of nitrogens with zero attached hydrogens (tertiary/aromatic N) is 4. The average molecular weight is 521 g/mol. The first-order chi connectivity index (χ1) is 17.9. The van der Waals surface area contributed by atoms with Gasteiger partial charge in [0, 0.05) is 69.4 Å². The molecular weight excluding hydrogens is 487 g/mol. The standard InChI is InChI=1S/C29H33FN4O4/c1-17-15-33(18(2)14-32(17)16-21-7-10-23(30)11-8-21)28(37)26-19(3)34(20(4)35)25-12-9-22(13-24(25)26)27(36)29(38)31(5)6/h7-13,17-18H,14-16H2,1-6H3/t17-,18+/m0/s1. The fourth-order valence-corrected chi connectivity index (χ4v) is 5.23. The summed E-state index contributed by atoms with van der Waals surface area (Å²) in [5, 5.41) is 0.466.